The Hall–Kier alpha value is -2.54. The standard InChI is InChI=1S/C25H39N5O2/c1-7-26-24(28-18(2)16-23-19(3)29-30(5)20(23)4)27-17-25(12-14-32-15-13-25)21-8-10-22(31-6)11-9-21/h8-11,18H,7,12-17H2,1-6H3,(H2,26,27,28). The molecule has 1 aliphatic rings. The summed E-state index contributed by atoms with van der Waals surface area (Å²) in [5, 5.41) is 11.6. The van der Waals surface area contributed by atoms with Crippen molar-refractivity contribution in [2.45, 2.75) is 58.4 Å². The maximum Gasteiger partial charge on any atom is 0.191 e. The summed E-state index contributed by atoms with van der Waals surface area (Å²) in [5.74, 6) is 1.74. The molecule has 176 valence electrons. The van der Waals surface area contributed by atoms with E-state index >= 15 is 0 Å². The Morgan fingerprint density at radius 2 is 1.94 bits per heavy atom. The first-order chi connectivity index (χ1) is 15.4. The van der Waals surface area contributed by atoms with E-state index in [1.807, 2.05) is 23.9 Å². The number of nitrogens with one attached hydrogen (secondary N) is 2. The van der Waals surface area contributed by atoms with Gasteiger partial charge in [0.05, 0.1) is 19.3 Å². The van der Waals surface area contributed by atoms with Gasteiger partial charge in [-0.25, -0.2) is 0 Å². The zero-order valence-electron chi connectivity index (χ0n) is 20.5. The molecule has 1 unspecified atom stereocenters. The van der Waals surface area contributed by atoms with Gasteiger partial charge in [0.25, 0.3) is 0 Å². The van der Waals surface area contributed by atoms with Crippen LogP contribution in [0.15, 0.2) is 29.3 Å². The average Bonchev–Trinajstić information content (AvgIpc) is 3.04. The highest BCUT2D eigenvalue weighted by molar-refractivity contribution is 5.80. The highest BCUT2D eigenvalue weighted by Gasteiger charge is 2.34. The number of aryl methyl sites for hydroxylation is 2. The van der Waals surface area contributed by atoms with Crippen molar-refractivity contribution in [3.05, 3.63) is 46.8 Å². The maximum absolute atomic E-state index is 5.69. The Labute approximate surface area is 192 Å². The summed E-state index contributed by atoms with van der Waals surface area (Å²) < 4.78 is 13.0. The van der Waals surface area contributed by atoms with E-state index < -0.39 is 0 Å². The third-order valence-electron chi connectivity index (χ3n) is 6.59. The minimum Gasteiger partial charge on any atom is -0.497 e. The van der Waals surface area contributed by atoms with Crippen LogP contribution >= 0.6 is 0 Å². The minimum absolute atomic E-state index is 0.0212. The van der Waals surface area contributed by atoms with Crippen LogP contribution in [0.25, 0.3) is 0 Å². The number of nitrogens with zero attached hydrogens (tertiary/aromatic N) is 3. The molecule has 0 bridgehead atoms. The number of ether oxygens (including phenoxy) is 2. The van der Waals surface area contributed by atoms with Gasteiger partial charge in [0.1, 0.15) is 5.75 Å². The highest BCUT2D eigenvalue weighted by atomic mass is 16.5. The molecule has 7 nitrogen and oxygen atoms in total. The first kappa shape index (κ1) is 24.1. The predicted molar refractivity (Wildman–Crippen MR) is 130 cm³/mol. The summed E-state index contributed by atoms with van der Waals surface area (Å²) in [6, 6.07) is 8.68. The lowest BCUT2D eigenvalue weighted by atomic mass is 9.74. The maximum atomic E-state index is 5.69. The highest BCUT2D eigenvalue weighted by Crippen LogP contribution is 2.36. The third-order valence-corrected chi connectivity index (χ3v) is 6.59. The smallest absolute Gasteiger partial charge is 0.191 e. The van der Waals surface area contributed by atoms with Gasteiger partial charge in [-0.15, -0.1) is 0 Å². The lowest BCUT2D eigenvalue weighted by Crippen LogP contribution is -2.45. The van der Waals surface area contributed by atoms with Gasteiger partial charge in [0, 0.05) is 44.0 Å². The van der Waals surface area contributed by atoms with Gasteiger partial charge in [-0.3, -0.25) is 9.67 Å². The van der Waals surface area contributed by atoms with Crippen molar-refractivity contribution in [2.75, 3.05) is 33.4 Å². The van der Waals surface area contributed by atoms with Gasteiger partial charge in [0.2, 0.25) is 0 Å². The molecule has 2 heterocycles. The topological polar surface area (TPSA) is 72.7 Å². The molecule has 1 aliphatic heterocycles. The number of guanidine groups is 1. The molecule has 1 saturated heterocycles. The van der Waals surface area contributed by atoms with Crippen LogP contribution in [0.4, 0.5) is 0 Å². The van der Waals surface area contributed by atoms with Crippen molar-refractivity contribution >= 4 is 5.96 Å². The van der Waals surface area contributed by atoms with Gasteiger partial charge in [-0.1, -0.05) is 12.1 Å². The van der Waals surface area contributed by atoms with E-state index in [0.29, 0.717) is 0 Å². The summed E-state index contributed by atoms with van der Waals surface area (Å²) in [5.41, 5.74) is 4.91. The molecule has 1 atom stereocenters. The van der Waals surface area contributed by atoms with Crippen LogP contribution in [0.3, 0.4) is 0 Å². The molecule has 0 radical (unpaired) electrons. The summed E-state index contributed by atoms with van der Waals surface area (Å²) >= 11 is 0. The molecular weight excluding hydrogens is 402 g/mol. The van der Waals surface area contributed by atoms with Crippen molar-refractivity contribution in [3.63, 3.8) is 0 Å². The molecule has 7 heteroatoms. The number of methoxy groups -OCH3 is 1. The molecule has 3 rings (SSSR count). The van der Waals surface area contributed by atoms with Gasteiger partial charge >= 0.3 is 0 Å². The lowest BCUT2D eigenvalue weighted by molar-refractivity contribution is 0.0531. The monoisotopic (exact) mass is 441 g/mol. The van der Waals surface area contributed by atoms with Crippen LogP contribution in [-0.2, 0) is 23.6 Å². The van der Waals surface area contributed by atoms with Crippen molar-refractivity contribution in [1.29, 1.82) is 0 Å². The number of aliphatic imine (C=N–C) groups is 1. The average molecular weight is 442 g/mol. The Morgan fingerprint density at radius 3 is 2.50 bits per heavy atom. The molecular formula is C25H39N5O2. The molecule has 32 heavy (non-hydrogen) atoms. The number of hydrogen-bond acceptors (Lipinski definition) is 4. The van der Waals surface area contributed by atoms with E-state index in [1.165, 1.54) is 16.8 Å². The number of benzene rings is 1. The van der Waals surface area contributed by atoms with Crippen LogP contribution in [0.1, 0.15) is 49.2 Å². The summed E-state index contributed by atoms with van der Waals surface area (Å²) in [6.07, 6.45) is 2.84. The van der Waals surface area contributed by atoms with Gasteiger partial charge in [0.15, 0.2) is 5.96 Å². The number of hydrogen-bond donors (Lipinski definition) is 2. The van der Waals surface area contributed by atoms with Gasteiger partial charge in [-0.2, -0.15) is 5.10 Å². The number of aromatic nitrogens is 2. The van der Waals surface area contributed by atoms with Crippen LogP contribution in [0, 0.1) is 13.8 Å². The SMILES string of the molecule is CCNC(=NCC1(c2ccc(OC)cc2)CCOCC1)NC(C)Cc1c(C)nn(C)c1C. The van der Waals surface area contributed by atoms with E-state index in [4.69, 9.17) is 14.5 Å². The van der Waals surface area contributed by atoms with E-state index in [2.05, 4.69) is 55.6 Å². The second kappa shape index (κ2) is 10.9. The first-order valence-corrected chi connectivity index (χ1v) is 11.6. The van der Waals surface area contributed by atoms with E-state index in [0.717, 1.165) is 63.0 Å². The van der Waals surface area contributed by atoms with Crippen LogP contribution in [-0.4, -0.2) is 55.2 Å². The lowest BCUT2D eigenvalue weighted by Gasteiger charge is -2.37. The van der Waals surface area contributed by atoms with Crippen LogP contribution in [0.2, 0.25) is 0 Å². The van der Waals surface area contributed by atoms with Crippen LogP contribution in [0.5, 0.6) is 5.75 Å². The largest absolute Gasteiger partial charge is 0.497 e. The Balaban J connectivity index is 1.76. The Morgan fingerprint density at radius 1 is 1.25 bits per heavy atom. The Kier molecular flexibility index (Phi) is 8.18. The van der Waals surface area contributed by atoms with E-state index in [-0.39, 0.29) is 11.5 Å². The van der Waals surface area contributed by atoms with Crippen molar-refractivity contribution < 1.29 is 9.47 Å². The van der Waals surface area contributed by atoms with Gasteiger partial charge < -0.3 is 20.1 Å². The molecule has 1 fully saturated rings. The predicted octanol–water partition coefficient (Wildman–Crippen LogP) is 3.28. The van der Waals surface area contributed by atoms with Crippen molar-refractivity contribution in [2.24, 2.45) is 12.0 Å². The van der Waals surface area contributed by atoms with Crippen LogP contribution < -0.4 is 15.4 Å². The fourth-order valence-electron chi connectivity index (χ4n) is 4.50. The zero-order valence-corrected chi connectivity index (χ0v) is 20.5. The number of rotatable bonds is 8. The fourth-order valence-corrected chi connectivity index (χ4v) is 4.50. The molecule has 1 aromatic heterocycles. The van der Waals surface area contributed by atoms with E-state index in [9.17, 15) is 0 Å². The van der Waals surface area contributed by atoms with Gasteiger partial charge in [-0.05, 0) is 70.2 Å². The minimum atomic E-state index is -0.0212. The second-order valence-corrected chi connectivity index (χ2v) is 8.84. The normalized spacial score (nSPS) is 17.1. The summed E-state index contributed by atoms with van der Waals surface area (Å²) in [4.78, 5) is 5.05. The third kappa shape index (κ3) is 5.63. The zero-order chi connectivity index (χ0) is 23.1. The summed E-state index contributed by atoms with van der Waals surface area (Å²) in [7, 11) is 3.70. The molecule has 1 aromatic carbocycles. The fraction of sp³-hybridized carbons (Fsp3) is 0.600. The van der Waals surface area contributed by atoms with Crippen molar-refractivity contribution in [1.82, 2.24) is 20.4 Å². The van der Waals surface area contributed by atoms with E-state index in [1.54, 1.807) is 7.11 Å². The molecule has 0 saturated carbocycles. The Bertz CT molecular complexity index is 898. The molecule has 2 aromatic rings. The molecule has 2 N–H and O–H groups in total. The van der Waals surface area contributed by atoms with Crippen molar-refractivity contribution in [3.8, 4) is 5.75 Å². The second-order valence-electron chi connectivity index (χ2n) is 8.84. The molecule has 0 aliphatic carbocycles. The first-order valence-electron chi connectivity index (χ1n) is 11.6. The quantitative estimate of drug-likeness (QED) is 0.486. The molecule has 0 amide bonds. The molecule has 0 spiro atoms. The summed E-state index contributed by atoms with van der Waals surface area (Å²) in [6.45, 7) is 11.6.